The molecule has 0 heterocycles. The summed E-state index contributed by atoms with van der Waals surface area (Å²) in [6.45, 7) is 5.42. The Balaban J connectivity index is 0.000000364. The highest BCUT2D eigenvalue weighted by molar-refractivity contribution is 5.14. The predicted molar refractivity (Wildman–Crippen MR) is 64.7 cm³/mol. The molecule has 0 fully saturated rings. The summed E-state index contributed by atoms with van der Waals surface area (Å²) in [5, 5.41) is 3.12. The number of nitrogens with one attached hydrogen (secondary N) is 1. The SMILES string of the molecule is CCCC.CNCCc1ccccc1. The molecule has 0 aromatic heterocycles. The summed E-state index contributed by atoms with van der Waals surface area (Å²) in [4.78, 5) is 0. The monoisotopic (exact) mass is 193 g/mol. The molecule has 0 aliphatic heterocycles. The van der Waals surface area contributed by atoms with E-state index in [9.17, 15) is 0 Å². The van der Waals surface area contributed by atoms with E-state index in [0.717, 1.165) is 13.0 Å². The predicted octanol–water partition coefficient (Wildman–Crippen LogP) is 3.25. The zero-order valence-electron chi connectivity index (χ0n) is 9.72. The number of hydrogen-bond donors (Lipinski definition) is 1. The number of unbranched alkanes of at least 4 members (excludes halogenated alkanes) is 1. The van der Waals surface area contributed by atoms with Gasteiger partial charge in [-0.1, -0.05) is 57.0 Å². The van der Waals surface area contributed by atoms with Gasteiger partial charge in [-0.15, -0.1) is 0 Å². The lowest BCUT2D eigenvalue weighted by molar-refractivity contribution is 0.792. The molecule has 0 amide bonds. The van der Waals surface area contributed by atoms with Crippen molar-refractivity contribution in [2.75, 3.05) is 13.6 Å². The molecule has 0 saturated heterocycles. The van der Waals surface area contributed by atoms with Crippen LogP contribution in [0.2, 0.25) is 0 Å². The molecule has 0 unspecified atom stereocenters. The Labute approximate surface area is 88.5 Å². The van der Waals surface area contributed by atoms with Crippen molar-refractivity contribution >= 4 is 0 Å². The highest BCUT2D eigenvalue weighted by Crippen LogP contribution is 1.97. The Kier molecular flexibility index (Phi) is 9.66. The number of hydrogen-bond acceptors (Lipinski definition) is 1. The van der Waals surface area contributed by atoms with Crippen LogP contribution in [0.5, 0.6) is 0 Å². The highest BCUT2D eigenvalue weighted by atomic mass is 14.8. The summed E-state index contributed by atoms with van der Waals surface area (Å²) in [6, 6.07) is 10.5. The van der Waals surface area contributed by atoms with E-state index in [-0.39, 0.29) is 0 Å². The molecule has 0 bridgehead atoms. The van der Waals surface area contributed by atoms with Gasteiger partial charge in [-0.05, 0) is 25.6 Å². The van der Waals surface area contributed by atoms with Crippen LogP contribution in [0.4, 0.5) is 0 Å². The second-order valence-electron chi connectivity index (χ2n) is 3.34. The molecule has 0 radical (unpaired) electrons. The Morgan fingerprint density at radius 3 is 2.00 bits per heavy atom. The largest absolute Gasteiger partial charge is 0.319 e. The van der Waals surface area contributed by atoms with Gasteiger partial charge in [-0.2, -0.15) is 0 Å². The molecule has 80 valence electrons. The summed E-state index contributed by atoms with van der Waals surface area (Å²) >= 11 is 0. The van der Waals surface area contributed by atoms with Gasteiger partial charge in [0.2, 0.25) is 0 Å². The Morgan fingerprint density at radius 1 is 1.00 bits per heavy atom. The molecule has 0 spiro atoms. The molecule has 1 nitrogen and oxygen atoms in total. The summed E-state index contributed by atoms with van der Waals surface area (Å²) in [7, 11) is 1.98. The minimum absolute atomic E-state index is 1.06. The van der Waals surface area contributed by atoms with Crippen LogP contribution in [0.1, 0.15) is 32.3 Å². The summed E-state index contributed by atoms with van der Waals surface area (Å²) < 4.78 is 0. The van der Waals surface area contributed by atoms with E-state index < -0.39 is 0 Å². The topological polar surface area (TPSA) is 12.0 Å². The standard InChI is InChI=1S/C9H13N.C4H10/c1-10-8-7-9-5-3-2-4-6-9;1-3-4-2/h2-6,10H,7-8H2,1H3;3-4H2,1-2H3. The van der Waals surface area contributed by atoms with Crippen LogP contribution in [0.25, 0.3) is 0 Å². The maximum Gasteiger partial charge on any atom is -0.00114 e. The van der Waals surface area contributed by atoms with Crippen LogP contribution < -0.4 is 5.32 Å². The van der Waals surface area contributed by atoms with Crippen molar-refractivity contribution in [2.45, 2.75) is 33.1 Å². The Bertz CT molecular complexity index is 192. The van der Waals surface area contributed by atoms with Crippen LogP contribution in [-0.2, 0) is 6.42 Å². The van der Waals surface area contributed by atoms with Crippen molar-refractivity contribution in [3.05, 3.63) is 35.9 Å². The van der Waals surface area contributed by atoms with Gasteiger partial charge in [0.15, 0.2) is 0 Å². The molecule has 1 N–H and O–H groups in total. The summed E-state index contributed by atoms with van der Waals surface area (Å²) in [5.41, 5.74) is 1.40. The second kappa shape index (κ2) is 10.3. The molecule has 0 aliphatic carbocycles. The van der Waals surface area contributed by atoms with Gasteiger partial charge in [-0.3, -0.25) is 0 Å². The van der Waals surface area contributed by atoms with E-state index in [0.29, 0.717) is 0 Å². The van der Waals surface area contributed by atoms with E-state index in [1.54, 1.807) is 0 Å². The zero-order valence-corrected chi connectivity index (χ0v) is 9.72. The number of rotatable bonds is 4. The molecule has 0 atom stereocenters. The fourth-order valence-electron chi connectivity index (χ4n) is 0.914. The Morgan fingerprint density at radius 2 is 1.57 bits per heavy atom. The normalized spacial score (nSPS) is 9.07. The first kappa shape index (κ1) is 13.2. The minimum Gasteiger partial charge on any atom is -0.319 e. The van der Waals surface area contributed by atoms with Crippen molar-refractivity contribution in [3.63, 3.8) is 0 Å². The maximum atomic E-state index is 3.12. The first-order valence-electron chi connectivity index (χ1n) is 5.53. The third kappa shape index (κ3) is 7.81. The van der Waals surface area contributed by atoms with Crippen LogP contribution in [0.3, 0.4) is 0 Å². The summed E-state index contributed by atoms with van der Waals surface area (Å²) in [5.74, 6) is 0. The fraction of sp³-hybridized carbons (Fsp3) is 0.538. The lowest BCUT2D eigenvalue weighted by Gasteiger charge is -1.97. The Hall–Kier alpha value is -0.820. The number of benzene rings is 1. The first-order valence-corrected chi connectivity index (χ1v) is 5.53. The molecular weight excluding hydrogens is 170 g/mol. The van der Waals surface area contributed by atoms with Gasteiger partial charge in [0.25, 0.3) is 0 Å². The van der Waals surface area contributed by atoms with E-state index in [2.05, 4.69) is 43.4 Å². The van der Waals surface area contributed by atoms with Crippen molar-refractivity contribution < 1.29 is 0 Å². The van der Waals surface area contributed by atoms with Crippen LogP contribution in [0, 0.1) is 0 Å². The van der Waals surface area contributed by atoms with Crippen molar-refractivity contribution in [3.8, 4) is 0 Å². The van der Waals surface area contributed by atoms with Gasteiger partial charge in [0, 0.05) is 0 Å². The van der Waals surface area contributed by atoms with Crippen molar-refractivity contribution in [2.24, 2.45) is 0 Å². The average molecular weight is 193 g/mol. The molecule has 1 aromatic carbocycles. The quantitative estimate of drug-likeness (QED) is 0.774. The molecular formula is C13H23N. The zero-order chi connectivity index (χ0) is 10.6. The number of likely N-dealkylation sites (N-methyl/N-ethyl adjacent to an activating group) is 1. The van der Waals surface area contributed by atoms with Crippen molar-refractivity contribution in [1.82, 2.24) is 5.32 Å². The molecule has 14 heavy (non-hydrogen) atoms. The van der Waals surface area contributed by atoms with Crippen LogP contribution >= 0.6 is 0 Å². The molecule has 1 rings (SSSR count). The third-order valence-electron chi connectivity index (χ3n) is 2.01. The van der Waals surface area contributed by atoms with E-state index in [4.69, 9.17) is 0 Å². The van der Waals surface area contributed by atoms with Gasteiger partial charge in [0.05, 0.1) is 0 Å². The van der Waals surface area contributed by atoms with Gasteiger partial charge in [-0.25, -0.2) is 0 Å². The smallest absolute Gasteiger partial charge is 0.00114 e. The fourth-order valence-corrected chi connectivity index (χ4v) is 0.914. The highest BCUT2D eigenvalue weighted by Gasteiger charge is 1.86. The van der Waals surface area contributed by atoms with Crippen molar-refractivity contribution in [1.29, 1.82) is 0 Å². The molecule has 1 heteroatoms. The van der Waals surface area contributed by atoms with Crippen LogP contribution in [0.15, 0.2) is 30.3 Å². The third-order valence-corrected chi connectivity index (χ3v) is 2.01. The maximum absolute atomic E-state index is 3.12. The average Bonchev–Trinajstić information content (AvgIpc) is 2.28. The molecule has 1 aromatic rings. The van der Waals surface area contributed by atoms with E-state index >= 15 is 0 Å². The van der Waals surface area contributed by atoms with Gasteiger partial charge < -0.3 is 5.32 Å². The summed E-state index contributed by atoms with van der Waals surface area (Å²) in [6.07, 6.45) is 3.76. The molecule has 0 aliphatic rings. The van der Waals surface area contributed by atoms with E-state index in [1.165, 1.54) is 18.4 Å². The van der Waals surface area contributed by atoms with Gasteiger partial charge in [0.1, 0.15) is 0 Å². The minimum atomic E-state index is 1.06. The molecule has 0 saturated carbocycles. The van der Waals surface area contributed by atoms with Crippen LogP contribution in [-0.4, -0.2) is 13.6 Å². The van der Waals surface area contributed by atoms with E-state index in [1.807, 2.05) is 13.1 Å². The second-order valence-corrected chi connectivity index (χ2v) is 3.34. The lowest BCUT2D eigenvalue weighted by atomic mass is 10.2. The first-order chi connectivity index (χ1) is 6.85. The van der Waals surface area contributed by atoms with Gasteiger partial charge >= 0.3 is 0 Å². The lowest BCUT2D eigenvalue weighted by Crippen LogP contribution is -2.09.